The smallest absolute Gasteiger partial charge is 0.339 e. The third-order valence-electron chi connectivity index (χ3n) is 2.03. The predicted molar refractivity (Wildman–Crippen MR) is 62.2 cm³/mol. The second-order valence-corrected chi connectivity index (χ2v) is 3.36. The Labute approximate surface area is 115 Å². The van der Waals surface area contributed by atoms with Crippen molar-refractivity contribution in [1.29, 1.82) is 0 Å². The van der Waals surface area contributed by atoms with Gasteiger partial charge in [-0.3, -0.25) is 0 Å². The summed E-state index contributed by atoms with van der Waals surface area (Å²) in [5, 5.41) is 27.5. The summed E-state index contributed by atoms with van der Waals surface area (Å²) in [6.45, 7) is 7.68. The maximum absolute atomic E-state index is 10.6. The molecule has 0 saturated heterocycles. The molecule has 0 aliphatic rings. The molecule has 0 spiro atoms. The number of rotatable bonds is 2. The van der Waals surface area contributed by atoms with E-state index in [9.17, 15) is 15.0 Å². The molecule has 0 fully saturated rings. The zero-order chi connectivity index (χ0) is 12.9. The second kappa shape index (κ2) is 8.10. The predicted octanol–water partition coefficient (Wildman–Crippen LogP) is 2.94. The van der Waals surface area contributed by atoms with Crippen LogP contribution in [-0.4, -0.2) is 21.3 Å². The topological polar surface area (TPSA) is 77.8 Å². The summed E-state index contributed by atoms with van der Waals surface area (Å²) >= 11 is 0. The summed E-state index contributed by atoms with van der Waals surface area (Å²) in [5.74, 6) is -2.14. The normalized spacial score (nSPS) is 9.00. The molecule has 0 unspecified atom stereocenters. The van der Waals surface area contributed by atoms with E-state index in [1.807, 2.05) is 27.7 Å². The zero-order valence-electron chi connectivity index (χ0n) is 10.4. The van der Waals surface area contributed by atoms with Crippen molar-refractivity contribution in [3.05, 3.63) is 23.3 Å². The molecule has 5 heteroatoms. The van der Waals surface area contributed by atoms with Crippen molar-refractivity contribution in [3.8, 4) is 11.5 Å². The van der Waals surface area contributed by atoms with Crippen molar-refractivity contribution in [2.24, 2.45) is 0 Å². The van der Waals surface area contributed by atoms with Crippen molar-refractivity contribution >= 4 is 5.97 Å². The van der Waals surface area contributed by atoms with E-state index in [1.54, 1.807) is 0 Å². The van der Waals surface area contributed by atoms with Gasteiger partial charge in [-0.15, -0.1) is 0 Å². The quantitative estimate of drug-likeness (QED) is 0.653. The number of carboxylic acids is 1. The minimum absolute atomic E-state index is 0. The Kier molecular flexibility index (Phi) is 8.73. The van der Waals surface area contributed by atoms with Crippen LogP contribution in [0.1, 0.15) is 49.5 Å². The molecule has 17 heavy (non-hydrogen) atoms. The van der Waals surface area contributed by atoms with Crippen LogP contribution in [0.5, 0.6) is 11.5 Å². The molecule has 0 aliphatic heterocycles. The number of aromatic carboxylic acids is 1. The van der Waals surface area contributed by atoms with Gasteiger partial charge in [0.25, 0.3) is 0 Å². The van der Waals surface area contributed by atoms with Crippen LogP contribution in [0.3, 0.4) is 0 Å². The zero-order valence-corrected chi connectivity index (χ0v) is 13.1. The summed E-state index contributed by atoms with van der Waals surface area (Å²) in [5.41, 5.74) is 0.249. The van der Waals surface area contributed by atoms with Crippen LogP contribution in [0.4, 0.5) is 0 Å². The van der Waals surface area contributed by atoms with Gasteiger partial charge in [0.2, 0.25) is 0 Å². The number of phenols is 2. The number of hydrogen-bond acceptors (Lipinski definition) is 3. The average molecular weight is 412 g/mol. The number of carboxylic acid groups (broad SMARTS) is 1. The first-order valence-electron chi connectivity index (χ1n) is 5.23. The van der Waals surface area contributed by atoms with E-state index < -0.39 is 11.7 Å². The Balaban J connectivity index is 0. The molecule has 0 amide bonds. The van der Waals surface area contributed by atoms with Crippen LogP contribution in [0, 0.1) is 0 Å². The van der Waals surface area contributed by atoms with Crippen molar-refractivity contribution in [2.75, 3.05) is 0 Å². The standard InChI is InChI=1S/C10H12O4.C2H6.Re/c1-5(2)6-3-4-7(10(13)14)9(12)8(6)11;1-2;/h3-5,11-12H,1-2H3,(H,13,14);1-2H3;. The van der Waals surface area contributed by atoms with Gasteiger partial charge >= 0.3 is 5.97 Å². The van der Waals surface area contributed by atoms with Crippen molar-refractivity contribution < 1.29 is 40.5 Å². The first-order valence-corrected chi connectivity index (χ1v) is 5.23. The monoisotopic (exact) mass is 413 g/mol. The summed E-state index contributed by atoms with van der Waals surface area (Å²) in [6, 6.07) is 2.79. The van der Waals surface area contributed by atoms with Crippen LogP contribution in [0.25, 0.3) is 0 Å². The molecular formula is C12H18O4Re. The van der Waals surface area contributed by atoms with E-state index >= 15 is 0 Å². The largest absolute Gasteiger partial charge is 0.504 e. The van der Waals surface area contributed by atoms with Gasteiger partial charge < -0.3 is 15.3 Å². The molecule has 97 valence electrons. The van der Waals surface area contributed by atoms with Gasteiger partial charge in [0.05, 0.1) is 0 Å². The maximum Gasteiger partial charge on any atom is 0.339 e. The Morgan fingerprint density at radius 1 is 1.12 bits per heavy atom. The first kappa shape index (κ1) is 18.3. The van der Waals surface area contributed by atoms with E-state index in [1.165, 1.54) is 12.1 Å². The third-order valence-corrected chi connectivity index (χ3v) is 2.03. The molecule has 0 heterocycles. The van der Waals surface area contributed by atoms with E-state index in [0.29, 0.717) is 5.56 Å². The number of hydrogen-bond donors (Lipinski definition) is 3. The Hall–Kier alpha value is -1.05. The van der Waals surface area contributed by atoms with Gasteiger partial charge in [-0.05, 0) is 12.0 Å². The van der Waals surface area contributed by atoms with Crippen LogP contribution in [0.15, 0.2) is 12.1 Å². The number of phenolic OH excluding ortho intramolecular Hbond substituents is 1. The minimum atomic E-state index is -1.26. The second-order valence-electron chi connectivity index (χ2n) is 3.36. The van der Waals surface area contributed by atoms with Gasteiger partial charge in [0, 0.05) is 26.0 Å². The van der Waals surface area contributed by atoms with Gasteiger partial charge in [-0.1, -0.05) is 33.8 Å². The molecule has 0 aromatic heterocycles. The van der Waals surface area contributed by atoms with Crippen molar-refractivity contribution in [3.63, 3.8) is 0 Å². The van der Waals surface area contributed by atoms with Gasteiger partial charge in [0.1, 0.15) is 5.56 Å². The SMILES string of the molecule is CC.CC(C)c1ccc(C(=O)O)c(O)c1O.[Re]. The number of benzene rings is 1. The molecule has 0 saturated carbocycles. The third kappa shape index (κ3) is 4.37. The molecule has 1 radical (unpaired) electrons. The molecule has 3 N–H and O–H groups in total. The Morgan fingerprint density at radius 3 is 1.94 bits per heavy atom. The minimum Gasteiger partial charge on any atom is -0.504 e. The fraction of sp³-hybridized carbons (Fsp3) is 0.417. The van der Waals surface area contributed by atoms with Crippen LogP contribution >= 0.6 is 0 Å². The molecular weight excluding hydrogens is 394 g/mol. The van der Waals surface area contributed by atoms with Crippen LogP contribution in [0.2, 0.25) is 0 Å². The first-order chi connectivity index (χ1) is 7.45. The van der Waals surface area contributed by atoms with E-state index in [4.69, 9.17) is 5.11 Å². The fourth-order valence-electron chi connectivity index (χ4n) is 1.23. The number of aromatic hydroxyl groups is 2. The molecule has 1 aromatic carbocycles. The molecule has 1 rings (SSSR count). The summed E-state index contributed by atoms with van der Waals surface area (Å²) < 4.78 is 0. The summed E-state index contributed by atoms with van der Waals surface area (Å²) in [6.07, 6.45) is 0. The average Bonchev–Trinajstić information content (AvgIpc) is 2.23. The summed E-state index contributed by atoms with van der Waals surface area (Å²) in [4.78, 5) is 10.6. The maximum atomic E-state index is 10.6. The molecule has 0 aliphatic carbocycles. The number of carbonyl (C=O) groups is 1. The Morgan fingerprint density at radius 2 is 1.59 bits per heavy atom. The molecule has 0 atom stereocenters. The van der Waals surface area contributed by atoms with Crippen molar-refractivity contribution in [2.45, 2.75) is 33.6 Å². The molecule has 0 bridgehead atoms. The van der Waals surface area contributed by atoms with Gasteiger partial charge in [0.15, 0.2) is 11.5 Å². The van der Waals surface area contributed by atoms with Gasteiger partial charge in [-0.25, -0.2) is 4.79 Å². The van der Waals surface area contributed by atoms with E-state index in [0.717, 1.165) is 0 Å². The Bertz CT molecular complexity index is 375. The van der Waals surface area contributed by atoms with E-state index in [-0.39, 0.29) is 37.7 Å². The van der Waals surface area contributed by atoms with Crippen LogP contribution in [-0.2, 0) is 20.4 Å². The van der Waals surface area contributed by atoms with E-state index in [2.05, 4.69) is 0 Å². The molecule has 1 aromatic rings. The summed E-state index contributed by atoms with van der Waals surface area (Å²) in [7, 11) is 0. The van der Waals surface area contributed by atoms with Crippen molar-refractivity contribution in [1.82, 2.24) is 0 Å². The van der Waals surface area contributed by atoms with Gasteiger partial charge in [-0.2, -0.15) is 0 Å². The van der Waals surface area contributed by atoms with Crippen LogP contribution < -0.4 is 0 Å². The fourth-order valence-corrected chi connectivity index (χ4v) is 1.23. The molecule has 4 nitrogen and oxygen atoms in total.